The Labute approximate surface area is 159 Å². The molecule has 5 nitrogen and oxygen atoms in total. The van der Waals surface area contributed by atoms with E-state index in [2.05, 4.69) is 48.1 Å². The Morgan fingerprint density at radius 3 is 2.81 bits per heavy atom. The molecule has 0 amide bonds. The minimum atomic E-state index is 0.455. The molecule has 1 unspecified atom stereocenters. The van der Waals surface area contributed by atoms with Crippen molar-refractivity contribution < 1.29 is 9.47 Å². The summed E-state index contributed by atoms with van der Waals surface area (Å²) >= 11 is 1.79. The molecule has 26 heavy (non-hydrogen) atoms. The topological polar surface area (TPSA) is 54.9 Å². The summed E-state index contributed by atoms with van der Waals surface area (Å²) in [7, 11) is 0. The van der Waals surface area contributed by atoms with Gasteiger partial charge in [-0.3, -0.25) is 0 Å². The van der Waals surface area contributed by atoms with Crippen molar-refractivity contribution in [3.8, 4) is 11.5 Å². The molecule has 2 aromatic rings. The molecule has 0 bridgehead atoms. The number of nitrogens with one attached hydrogen (secondary N) is 2. The fourth-order valence-corrected chi connectivity index (χ4v) is 3.53. The second kappa shape index (κ2) is 9.48. The lowest BCUT2D eigenvalue weighted by Gasteiger charge is -2.15. The van der Waals surface area contributed by atoms with Crippen molar-refractivity contribution in [3.63, 3.8) is 0 Å². The van der Waals surface area contributed by atoms with Gasteiger partial charge in [0.2, 0.25) is 0 Å². The van der Waals surface area contributed by atoms with E-state index < -0.39 is 0 Å². The lowest BCUT2D eigenvalue weighted by molar-refractivity contribution is 0.297. The van der Waals surface area contributed by atoms with Gasteiger partial charge in [-0.2, -0.15) is 0 Å². The van der Waals surface area contributed by atoms with Gasteiger partial charge >= 0.3 is 0 Å². The minimum absolute atomic E-state index is 0.455. The molecule has 0 fully saturated rings. The second-order valence-electron chi connectivity index (χ2n) is 6.32. The predicted molar refractivity (Wildman–Crippen MR) is 108 cm³/mol. The molecular weight excluding hydrogens is 346 g/mol. The van der Waals surface area contributed by atoms with Crippen molar-refractivity contribution in [2.45, 2.75) is 32.7 Å². The smallest absolute Gasteiger partial charge is 0.191 e. The summed E-state index contributed by atoms with van der Waals surface area (Å²) in [6, 6.07) is 10.3. The molecule has 1 aromatic carbocycles. The number of aliphatic imine (C=N–C) groups is 1. The van der Waals surface area contributed by atoms with E-state index in [0.29, 0.717) is 25.7 Å². The van der Waals surface area contributed by atoms with Gasteiger partial charge in [-0.1, -0.05) is 19.1 Å². The van der Waals surface area contributed by atoms with Gasteiger partial charge in [0, 0.05) is 30.3 Å². The number of hydrogen-bond acceptors (Lipinski definition) is 4. The SMILES string of the molecule is CCNC(=NCc1ccc2c(c1)OCCCO2)NCC(C)c1cccs1. The van der Waals surface area contributed by atoms with Crippen LogP contribution in [0.4, 0.5) is 0 Å². The predicted octanol–water partition coefficient (Wildman–Crippen LogP) is 3.77. The lowest BCUT2D eigenvalue weighted by Crippen LogP contribution is -2.39. The molecule has 0 aliphatic carbocycles. The third-order valence-electron chi connectivity index (χ3n) is 4.18. The first-order valence-electron chi connectivity index (χ1n) is 9.20. The van der Waals surface area contributed by atoms with Crippen LogP contribution in [-0.2, 0) is 6.54 Å². The Morgan fingerprint density at radius 1 is 1.19 bits per heavy atom. The molecule has 0 saturated carbocycles. The Morgan fingerprint density at radius 2 is 2.04 bits per heavy atom. The van der Waals surface area contributed by atoms with Gasteiger partial charge in [0.1, 0.15) is 0 Å². The maximum absolute atomic E-state index is 5.76. The first-order chi connectivity index (χ1) is 12.8. The Bertz CT molecular complexity index is 716. The zero-order valence-corrected chi connectivity index (χ0v) is 16.3. The molecule has 6 heteroatoms. The zero-order valence-electron chi connectivity index (χ0n) is 15.5. The highest BCUT2D eigenvalue weighted by atomic mass is 32.1. The van der Waals surface area contributed by atoms with Gasteiger partial charge in [-0.15, -0.1) is 11.3 Å². The number of benzene rings is 1. The highest BCUT2D eigenvalue weighted by Gasteiger charge is 2.11. The van der Waals surface area contributed by atoms with Gasteiger partial charge < -0.3 is 20.1 Å². The molecule has 2 heterocycles. The van der Waals surface area contributed by atoms with Gasteiger partial charge in [-0.25, -0.2) is 4.99 Å². The summed E-state index contributed by atoms with van der Waals surface area (Å²) in [6.07, 6.45) is 0.916. The van der Waals surface area contributed by atoms with Crippen molar-refractivity contribution in [2.24, 2.45) is 4.99 Å². The average Bonchev–Trinajstić information content (AvgIpc) is 3.09. The average molecular weight is 374 g/mol. The third-order valence-corrected chi connectivity index (χ3v) is 5.28. The van der Waals surface area contributed by atoms with E-state index in [9.17, 15) is 0 Å². The van der Waals surface area contributed by atoms with E-state index in [0.717, 1.165) is 42.5 Å². The number of fused-ring (bicyclic) bond motifs is 1. The fourth-order valence-electron chi connectivity index (χ4n) is 2.74. The quantitative estimate of drug-likeness (QED) is 0.598. The molecule has 1 aliphatic rings. The van der Waals surface area contributed by atoms with Gasteiger partial charge in [0.25, 0.3) is 0 Å². The van der Waals surface area contributed by atoms with Crippen LogP contribution in [0.1, 0.15) is 36.6 Å². The molecule has 1 aromatic heterocycles. The molecule has 2 N–H and O–H groups in total. The van der Waals surface area contributed by atoms with Crippen molar-refractivity contribution in [1.29, 1.82) is 0 Å². The number of ether oxygens (including phenoxy) is 2. The van der Waals surface area contributed by atoms with E-state index >= 15 is 0 Å². The van der Waals surface area contributed by atoms with Gasteiger partial charge in [0.15, 0.2) is 17.5 Å². The number of thiophene rings is 1. The van der Waals surface area contributed by atoms with E-state index in [1.807, 2.05) is 12.1 Å². The summed E-state index contributed by atoms with van der Waals surface area (Å²) in [4.78, 5) is 6.10. The van der Waals surface area contributed by atoms with Crippen LogP contribution in [0, 0.1) is 0 Å². The van der Waals surface area contributed by atoms with Crippen LogP contribution in [0.25, 0.3) is 0 Å². The van der Waals surface area contributed by atoms with Crippen LogP contribution < -0.4 is 20.1 Å². The summed E-state index contributed by atoms with van der Waals surface area (Å²) in [5.74, 6) is 2.93. The van der Waals surface area contributed by atoms with E-state index in [1.54, 1.807) is 11.3 Å². The number of hydrogen-bond donors (Lipinski definition) is 2. The molecule has 0 saturated heterocycles. The normalized spacial score (nSPS) is 15.2. The van der Waals surface area contributed by atoms with Crippen molar-refractivity contribution in [3.05, 3.63) is 46.2 Å². The summed E-state index contributed by atoms with van der Waals surface area (Å²) in [5.41, 5.74) is 1.11. The lowest BCUT2D eigenvalue weighted by atomic mass is 10.1. The largest absolute Gasteiger partial charge is 0.490 e. The zero-order chi connectivity index (χ0) is 18.2. The summed E-state index contributed by atoms with van der Waals surface area (Å²) in [5, 5.41) is 8.87. The van der Waals surface area contributed by atoms with Crippen LogP contribution in [0.15, 0.2) is 40.7 Å². The van der Waals surface area contributed by atoms with Gasteiger partial charge in [-0.05, 0) is 36.1 Å². The highest BCUT2D eigenvalue weighted by molar-refractivity contribution is 7.10. The summed E-state index contributed by atoms with van der Waals surface area (Å²) < 4.78 is 11.4. The van der Waals surface area contributed by atoms with Crippen LogP contribution >= 0.6 is 11.3 Å². The van der Waals surface area contributed by atoms with E-state index in [1.165, 1.54) is 4.88 Å². The standard InChI is InChI=1S/C20H27N3O2S/c1-3-21-20(22-13-15(2)19-6-4-11-26-19)23-14-16-7-8-17-18(12-16)25-10-5-9-24-17/h4,6-8,11-12,15H,3,5,9-10,13-14H2,1-2H3,(H2,21,22,23). The molecule has 1 atom stereocenters. The second-order valence-corrected chi connectivity index (χ2v) is 7.30. The van der Waals surface area contributed by atoms with Gasteiger partial charge in [0.05, 0.1) is 19.8 Å². The maximum atomic E-state index is 5.76. The molecule has 0 radical (unpaired) electrons. The van der Waals surface area contributed by atoms with Crippen LogP contribution in [0.3, 0.4) is 0 Å². The Hall–Kier alpha value is -2.21. The Balaban J connectivity index is 1.60. The van der Waals surface area contributed by atoms with Crippen LogP contribution in [-0.4, -0.2) is 32.3 Å². The molecule has 0 spiro atoms. The molecule has 1 aliphatic heterocycles. The monoisotopic (exact) mass is 373 g/mol. The highest BCUT2D eigenvalue weighted by Crippen LogP contribution is 2.30. The van der Waals surface area contributed by atoms with Crippen LogP contribution in [0.2, 0.25) is 0 Å². The molecule has 140 valence electrons. The van der Waals surface area contributed by atoms with E-state index in [4.69, 9.17) is 14.5 Å². The number of nitrogens with zero attached hydrogens (tertiary/aromatic N) is 1. The van der Waals surface area contributed by atoms with Crippen molar-refractivity contribution in [2.75, 3.05) is 26.3 Å². The number of rotatable bonds is 6. The maximum Gasteiger partial charge on any atom is 0.191 e. The number of guanidine groups is 1. The van der Waals surface area contributed by atoms with Crippen LogP contribution in [0.5, 0.6) is 11.5 Å². The molecule has 3 rings (SSSR count). The minimum Gasteiger partial charge on any atom is -0.490 e. The first-order valence-corrected chi connectivity index (χ1v) is 10.1. The van der Waals surface area contributed by atoms with E-state index in [-0.39, 0.29) is 0 Å². The molecular formula is C20H27N3O2S. The van der Waals surface area contributed by atoms with Crippen molar-refractivity contribution in [1.82, 2.24) is 10.6 Å². The summed E-state index contributed by atoms with van der Waals surface area (Å²) in [6.45, 7) is 8.00. The Kier molecular flexibility index (Phi) is 6.77. The first kappa shape index (κ1) is 18.6. The fraction of sp³-hybridized carbons (Fsp3) is 0.450. The third kappa shape index (κ3) is 5.14. The van der Waals surface area contributed by atoms with Crippen molar-refractivity contribution >= 4 is 17.3 Å².